The van der Waals surface area contributed by atoms with E-state index >= 15 is 0 Å². The van der Waals surface area contributed by atoms with E-state index in [0.29, 0.717) is 5.92 Å². The number of hydrogen-bond acceptors (Lipinski definition) is 2. The molecule has 1 aliphatic rings. The smallest absolute Gasteiger partial charge is 0.0542 e. The number of aromatic nitrogens is 1. The fourth-order valence-electron chi connectivity index (χ4n) is 3.07. The number of likely N-dealkylation sites (N-methyl/N-ethyl adjacent to an activating group) is 1. The summed E-state index contributed by atoms with van der Waals surface area (Å²) in [5.41, 5.74) is 3.86. The van der Waals surface area contributed by atoms with Crippen LogP contribution in [-0.4, -0.2) is 12.0 Å². The summed E-state index contributed by atoms with van der Waals surface area (Å²) in [5, 5.41) is 4.27. The molecular weight excluding hydrogens is 383 g/mol. The van der Waals surface area contributed by atoms with Crippen molar-refractivity contribution in [2.45, 2.75) is 24.8 Å². The molecule has 3 rings (SSSR count). The van der Waals surface area contributed by atoms with Gasteiger partial charge in [-0.3, -0.25) is 4.98 Å². The molecule has 0 amide bonds. The molecular formula is C16H16ClIN2. The van der Waals surface area contributed by atoms with Crippen LogP contribution in [0.3, 0.4) is 0 Å². The number of benzene rings is 1. The zero-order chi connectivity index (χ0) is 14.1. The van der Waals surface area contributed by atoms with E-state index in [1.54, 1.807) is 0 Å². The quantitative estimate of drug-likeness (QED) is 0.779. The van der Waals surface area contributed by atoms with Crippen LogP contribution in [0.1, 0.15) is 35.2 Å². The molecule has 2 nitrogen and oxygen atoms in total. The first kappa shape index (κ1) is 14.3. The molecule has 1 N–H and O–H groups in total. The van der Waals surface area contributed by atoms with Crippen LogP contribution in [0.4, 0.5) is 0 Å². The molecule has 0 saturated heterocycles. The molecule has 0 bridgehead atoms. The van der Waals surface area contributed by atoms with Crippen molar-refractivity contribution >= 4 is 34.2 Å². The Labute approximate surface area is 138 Å². The van der Waals surface area contributed by atoms with E-state index in [4.69, 9.17) is 11.6 Å². The minimum absolute atomic E-state index is 0.264. The lowest BCUT2D eigenvalue weighted by Crippen LogP contribution is -2.23. The van der Waals surface area contributed by atoms with Gasteiger partial charge < -0.3 is 5.32 Å². The minimum Gasteiger partial charge on any atom is -0.312 e. The summed E-state index contributed by atoms with van der Waals surface area (Å²) in [6.07, 6.45) is 4.15. The van der Waals surface area contributed by atoms with Crippen LogP contribution in [-0.2, 0) is 6.42 Å². The summed E-state index contributed by atoms with van der Waals surface area (Å²) in [6.45, 7) is 0. The zero-order valence-corrected chi connectivity index (χ0v) is 14.1. The Hall–Kier alpha value is -0.650. The highest BCUT2D eigenvalue weighted by atomic mass is 127. The maximum absolute atomic E-state index is 6.27. The summed E-state index contributed by atoms with van der Waals surface area (Å²) in [6, 6.07) is 10.8. The maximum atomic E-state index is 6.27. The number of halogens is 2. The Balaban J connectivity index is 1.97. The van der Waals surface area contributed by atoms with Crippen molar-refractivity contribution < 1.29 is 0 Å². The minimum atomic E-state index is 0.264. The van der Waals surface area contributed by atoms with Gasteiger partial charge in [0.05, 0.1) is 5.02 Å². The molecule has 1 aromatic carbocycles. The van der Waals surface area contributed by atoms with Crippen molar-refractivity contribution in [2.75, 3.05) is 7.05 Å². The molecule has 20 heavy (non-hydrogen) atoms. The highest BCUT2D eigenvalue weighted by Gasteiger charge is 2.31. The van der Waals surface area contributed by atoms with Crippen LogP contribution in [0.25, 0.3) is 0 Å². The van der Waals surface area contributed by atoms with Crippen molar-refractivity contribution in [1.82, 2.24) is 10.3 Å². The molecule has 0 aliphatic heterocycles. The van der Waals surface area contributed by atoms with Gasteiger partial charge >= 0.3 is 0 Å². The lowest BCUT2D eigenvalue weighted by molar-refractivity contribution is 0.470. The Kier molecular flexibility index (Phi) is 4.29. The first-order valence-electron chi connectivity index (χ1n) is 6.76. The molecule has 0 saturated carbocycles. The van der Waals surface area contributed by atoms with E-state index in [1.165, 1.54) is 16.8 Å². The normalized spacial score (nSPS) is 18.9. The van der Waals surface area contributed by atoms with E-state index in [-0.39, 0.29) is 6.04 Å². The second-order valence-corrected chi connectivity index (χ2v) is 6.70. The average molecular weight is 399 g/mol. The number of nitrogens with zero attached hydrogens (tertiary/aromatic N) is 1. The number of hydrogen-bond donors (Lipinski definition) is 1. The van der Waals surface area contributed by atoms with Crippen molar-refractivity contribution in [3.8, 4) is 0 Å². The fraction of sp³-hybridized carbons (Fsp3) is 0.312. The van der Waals surface area contributed by atoms with Crippen molar-refractivity contribution in [2.24, 2.45) is 0 Å². The van der Waals surface area contributed by atoms with Crippen molar-refractivity contribution in [1.29, 1.82) is 0 Å². The van der Waals surface area contributed by atoms with Crippen molar-refractivity contribution in [3.05, 3.63) is 61.9 Å². The van der Waals surface area contributed by atoms with E-state index in [1.807, 2.05) is 19.3 Å². The SMILES string of the molecule is CNC(c1ccc(I)c(Cl)c1)C1CCc2cccnc21. The largest absolute Gasteiger partial charge is 0.312 e. The lowest BCUT2D eigenvalue weighted by atomic mass is 9.91. The standard InChI is InChI=1S/C16H16ClIN2/c1-19-15(11-5-7-14(18)13(17)9-11)12-6-4-10-3-2-8-20-16(10)12/h2-3,5,7-9,12,15,19H,4,6H2,1H3. The molecule has 0 radical (unpaired) electrons. The van der Waals surface area contributed by atoms with Crippen LogP contribution in [0, 0.1) is 3.57 Å². The van der Waals surface area contributed by atoms with Crippen LogP contribution >= 0.6 is 34.2 Å². The molecule has 0 fully saturated rings. The molecule has 104 valence electrons. The van der Waals surface area contributed by atoms with Crippen LogP contribution in [0.2, 0.25) is 5.02 Å². The van der Waals surface area contributed by atoms with E-state index < -0.39 is 0 Å². The Bertz CT molecular complexity index is 630. The second kappa shape index (κ2) is 6.00. The Morgan fingerprint density at radius 3 is 3.00 bits per heavy atom. The molecule has 1 aromatic heterocycles. The third-order valence-electron chi connectivity index (χ3n) is 4.02. The third kappa shape index (κ3) is 2.59. The predicted molar refractivity (Wildman–Crippen MR) is 91.3 cm³/mol. The summed E-state index contributed by atoms with van der Waals surface area (Å²) in [4.78, 5) is 4.60. The summed E-state index contributed by atoms with van der Waals surface area (Å²) < 4.78 is 1.09. The van der Waals surface area contributed by atoms with Gasteiger partial charge in [-0.15, -0.1) is 0 Å². The average Bonchev–Trinajstić information content (AvgIpc) is 2.88. The number of pyridine rings is 1. The van der Waals surface area contributed by atoms with Crippen molar-refractivity contribution in [3.63, 3.8) is 0 Å². The Morgan fingerprint density at radius 2 is 2.25 bits per heavy atom. The second-order valence-electron chi connectivity index (χ2n) is 5.13. The van der Waals surface area contributed by atoms with E-state index in [9.17, 15) is 0 Å². The van der Waals surface area contributed by atoms with Gasteiger partial charge in [0.2, 0.25) is 0 Å². The van der Waals surface area contributed by atoms with Gasteiger partial charge in [0.1, 0.15) is 0 Å². The zero-order valence-electron chi connectivity index (χ0n) is 11.2. The number of aryl methyl sites for hydroxylation is 1. The van der Waals surface area contributed by atoms with E-state index in [2.05, 4.69) is 57.2 Å². The molecule has 1 aliphatic carbocycles. The first-order valence-corrected chi connectivity index (χ1v) is 8.22. The molecule has 4 heteroatoms. The molecule has 1 heterocycles. The molecule has 2 atom stereocenters. The van der Waals surface area contributed by atoms with Gasteiger partial charge in [0.25, 0.3) is 0 Å². The highest BCUT2D eigenvalue weighted by molar-refractivity contribution is 14.1. The lowest BCUT2D eigenvalue weighted by Gasteiger charge is -2.24. The van der Waals surface area contributed by atoms with Gasteiger partial charge in [-0.2, -0.15) is 0 Å². The van der Waals surface area contributed by atoms with Crippen LogP contribution < -0.4 is 5.32 Å². The Morgan fingerprint density at radius 1 is 1.40 bits per heavy atom. The van der Waals surface area contributed by atoms with Gasteiger partial charge in [-0.05, 0) is 71.8 Å². The maximum Gasteiger partial charge on any atom is 0.0542 e. The predicted octanol–water partition coefficient (Wildman–Crippen LogP) is 4.33. The van der Waals surface area contributed by atoms with Crippen LogP contribution in [0.5, 0.6) is 0 Å². The number of fused-ring (bicyclic) bond motifs is 1. The van der Waals surface area contributed by atoms with Gasteiger partial charge in [0.15, 0.2) is 0 Å². The summed E-state index contributed by atoms with van der Waals surface area (Å²) in [5.74, 6) is 0.423. The molecule has 0 spiro atoms. The highest BCUT2D eigenvalue weighted by Crippen LogP contribution is 2.40. The molecule has 2 unspecified atom stereocenters. The van der Waals surface area contributed by atoms with Gasteiger partial charge in [0, 0.05) is 27.4 Å². The molecule has 2 aromatic rings. The van der Waals surface area contributed by atoms with Gasteiger partial charge in [-0.25, -0.2) is 0 Å². The number of rotatable bonds is 3. The summed E-state index contributed by atoms with van der Waals surface area (Å²) >= 11 is 8.53. The fourth-order valence-corrected chi connectivity index (χ4v) is 3.60. The van der Waals surface area contributed by atoms with Crippen LogP contribution in [0.15, 0.2) is 36.5 Å². The van der Waals surface area contributed by atoms with E-state index in [0.717, 1.165) is 21.4 Å². The number of nitrogens with one attached hydrogen (secondary N) is 1. The third-order valence-corrected chi connectivity index (χ3v) is 5.59. The summed E-state index contributed by atoms with van der Waals surface area (Å²) in [7, 11) is 2.01. The monoisotopic (exact) mass is 398 g/mol. The van der Waals surface area contributed by atoms with Gasteiger partial charge in [-0.1, -0.05) is 23.7 Å². The first-order chi connectivity index (χ1) is 9.70. The topological polar surface area (TPSA) is 24.9 Å².